The van der Waals surface area contributed by atoms with Crippen LogP contribution >= 0.6 is 23.6 Å². The fourth-order valence-corrected chi connectivity index (χ4v) is 2.25. The summed E-state index contributed by atoms with van der Waals surface area (Å²) in [5, 5.41) is 9.92. The van der Waals surface area contributed by atoms with Gasteiger partial charge in [-0.3, -0.25) is 4.79 Å². The summed E-state index contributed by atoms with van der Waals surface area (Å²) in [7, 11) is 0. The summed E-state index contributed by atoms with van der Waals surface area (Å²) >= 11 is 5.55. The molecule has 0 spiro atoms. The molecule has 2 aromatic rings. The lowest BCUT2D eigenvalue weighted by Crippen LogP contribution is -2.13. The van der Waals surface area contributed by atoms with Gasteiger partial charge in [-0.15, -0.1) is 0 Å². The summed E-state index contributed by atoms with van der Waals surface area (Å²) in [5.41, 5.74) is 6.16. The zero-order valence-corrected chi connectivity index (χ0v) is 10.2. The van der Waals surface area contributed by atoms with Crippen molar-refractivity contribution in [1.82, 2.24) is 4.98 Å². The number of nitrogens with two attached hydrogens (primary N) is 1. The predicted molar refractivity (Wildman–Crippen MR) is 71.4 cm³/mol. The third kappa shape index (κ3) is 2.32. The molecule has 0 aliphatic carbocycles. The molecule has 0 saturated carbocycles. The van der Waals surface area contributed by atoms with Crippen LogP contribution in [0.1, 0.15) is 5.01 Å². The minimum absolute atomic E-state index is 0.00186. The highest BCUT2D eigenvalue weighted by atomic mass is 32.1. The van der Waals surface area contributed by atoms with E-state index in [-0.39, 0.29) is 26.2 Å². The molecule has 17 heavy (non-hydrogen) atoms. The highest BCUT2D eigenvalue weighted by Gasteiger charge is 2.14. The van der Waals surface area contributed by atoms with Crippen LogP contribution in [0.15, 0.2) is 35.1 Å². The highest BCUT2D eigenvalue weighted by molar-refractivity contribution is 7.81. The molecule has 1 aromatic heterocycles. The van der Waals surface area contributed by atoms with Gasteiger partial charge in [0.1, 0.15) is 10.6 Å². The van der Waals surface area contributed by atoms with E-state index >= 15 is 0 Å². The van der Waals surface area contributed by atoms with E-state index in [0.717, 1.165) is 11.3 Å². The van der Waals surface area contributed by atoms with E-state index in [0.29, 0.717) is 5.56 Å². The van der Waals surface area contributed by atoms with E-state index < -0.39 is 0 Å². The van der Waals surface area contributed by atoms with Crippen molar-refractivity contribution in [1.29, 1.82) is 0 Å². The average molecular weight is 264 g/mol. The summed E-state index contributed by atoms with van der Waals surface area (Å²) < 4.78 is -0.313. The molecule has 0 aliphatic heterocycles. The number of hydrogen-bond donors (Lipinski definition) is 2. The van der Waals surface area contributed by atoms with Crippen molar-refractivity contribution in [3.05, 3.63) is 44.9 Å². The Morgan fingerprint density at radius 2 is 2.00 bits per heavy atom. The Labute approximate surface area is 106 Å². The highest BCUT2D eigenvalue weighted by Crippen LogP contribution is 2.24. The van der Waals surface area contributed by atoms with Crippen LogP contribution in [0.25, 0.3) is 11.1 Å². The number of aromatic nitrogens is 1. The van der Waals surface area contributed by atoms with Gasteiger partial charge in [-0.05, 0) is 5.56 Å². The molecule has 86 valence electrons. The first-order valence-corrected chi connectivity index (χ1v) is 5.91. The van der Waals surface area contributed by atoms with Crippen molar-refractivity contribution in [2.75, 3.05) is 0 Å². The number of rotatable bonds is 2. The van der Waals surface area contributed by atoms with Crippen LogP contribution in [0, 0.1) is 0 Å². The molecule has 0 amide bonds. The fraction of sp³-hybridized carbons (Fsp3) is 0. The number of benzene rings is 1. The van der Waals surface area contributed by atoms with E-state index in [4.69, 9.17) is 18.0 Å². The van der Waals surface area contributed by atoms with Gasteiger partial charge >= 0.3 is 0 Å². The van der Waals surface area contributed by atoms with Gasteiger partial charge in [0.2, 0.25) is 10.6 Å². The summed E-state index contributed by atoms with van der Waals surface area (Å²) in [6.07, 6.45) is 0. The van der Waals surface area contributed by atoms with Gasteiger partial charge in [-0.2, -0.15) is 4.98 Å². The van der Waals surface area contributed by atoms with Crippen LogP contribution in [0.4, 0.5) is 0 Å². The van der Waals surface area contributed by atoms with Crippen LogP contribution in [-0.4, -0.2) is 15.1 Å². The van der Waals surface area contributed by atoms with E-state index in [9.17, 15) is 9.90 Å². The van der Waals surface area contributed by atoms with Crippen molar-refractivity contribution in [2.45, 2.75) is 0 Å². The molecule has 2 rings (SSSR count). The molecule has 0 unspecified atom stereocenters. The van der Waals surface area contributed by atoms with Gasteiger partial charge < -0.3 is 10.8 Å². The summed E-state index contributed by atoms with van der Waals surface area (Å²) in [4.78, 5) is 15.7. The van der Waals surface area contributed by atoms with Gasteiger partial charge in [0, 0.05) is 0 Å². The molecule has 3 N–H and O–H groups in total. The second kappa shape index (κ2) is 4.60. The van der Waals surface area contributed by atoms with E-state index in [1.165, 1.54) is 0 Å². The number of aromatic hydroxyl groups is 1. The lowest BCUT2D eigenvalue weighted by molar-refractivity contribution is 0.456. The molecule has 0 aliphatic rings. The minimum atomic E-state index is -0.345. The van der Waals surface area contributed by atoms with Gasteiger partial charge in [0.15, 0.2) is 5.01 Å². The zero-order chi connectivity index (χ0) is 12.4. The second-order valence-electron chi connectivity index (χ2n) is 3.24. The maximum absolute atomic E-state index is 11.9. The van der Waals surface area contributed by atoms with Crippen molar-refractivity contribution < 1.29 is 5.11 Å². The minimum Gasteiger partial charge on any atom is -0.493 e. The number of nitrogens with zero attached hydrogens (tertiary/aromatic N) is 1. The number of hydrogen-bond acceptors (Lipinski definition) is 5. The third-order valence-electron chi connectivity index (χ3n) is 2.10. The lowest BCUT2D eigenvalue weighted by Gasteiger charge is -2.03. The fourth-order valence-electron chi connectivity index (χ4n) is 1.36. The van der Waals surface area contributed by atoms with Crippen LogP contribution in [0.3, 0.4) is 0 Å². The van der Waals surface area contributed by atoms with E-state index in [1.54, 1.807) is 24.3 Å². The summed E-state index contributed by atoms with van der Waals surface area (Å²) in [6, 6.07) is 8.84. The SMILES string of the molecule is NC(=S)c1nc(O)c(-c2ccccc2)c(=O)s1. The molecule has 4 nitrogen and oxygen atoms in total. The molecular formula is C11H8N2O2S2. The van der Waals surface area contributed by atoms with Crippen LogP contribution in [0.2, 0.25) is 0 Å². The molecule has 1 heterocycles. The summed E-state index contributed by atoms with van der Waals surface area (Å²) in [6.45, 7) is 0. The van der Waals surface area contributed by atoms with Crippen molar-refractivity contribution in [3.8, 4) is 17.0 Å². The Bertz CT molecular complexity index is 623. The summed E-state index contributed by atoms with van der Waals surface area (Å²) in [5.74, 6) is -0.345. The quantitative estimate of drug-likeness (QED) is 0.804. The third-order valence-corrected chi connectivity index (χ3v) is 3.31. The van der Waals surface area contributed by atoms with Crippen molar-refractivity contribution >= 4 is 28.5 Å². The van der Waals surface area contributed by atoms with E-state index in [1.807, 2.05) is 6.07 Å². The first-order chi connectivity index (χ1) is 8.09. The van der Waals surface area contributed by atoms with Gasteiger partial charge in [-0.1, -0.05) is 53.9 Å². The Kier molecular flexibility index (Phi) is 3.16. The van der Waals surface area contributed by atoms with Crippen molar-refractivity contribution in [3.63, 3.8) is 0 Å². The average Bonchev–Trinajstić information content (AvgIpc) is 2.29. The Hall–Kier alpha value is -1.79. The number of thiocarbonyl (C=S) groups is 1. The normalized spacial score (nSPS) is 10.1. The lowest BCUT2D eigenvalue weighted by atomic mass is 10.1. The topological polar surface area (TPSA) is 76.2 Å². The molecule has 1 aromatic carbocycles. The Balaban J connectivity index is 2.65. The molecule has 6 heteroatoms. The Morgan fingerprint density at radius 1 is 1.35 bits per heavy atom. The van der Waals surface area contributed by atoms with Gasteiger partial charge in [0.05, 0.1) is 0 Å². The molecule has 0 atom stereocenters. The molecular weight excluding hydrogens is 256 g/mol. The van der Waals surface area contributed by atoms with Crippen LogP contribution < -0.4 is 10.5 Å². The maximum atomic E-state index is 11.9. The predicted octanol–water partition coefficient (Wildman–Crippen LogP) is 1.51. The Morgan fingerprint density at radius 3 is 2.53 bits per heavy atom. The smallest absolute Gasteiger partial charge is 0.247 e. The maximum Gasteiger partial charge on any atom is 0.247 e. The monoisotopic (exact) mass is 264 g/mol. The first-order valence-electron chi connectivity index (χ1n) is 4.69. The molecule has 0 fully saturated rings. The second-order valence-corrected chi connectivity index (χ2v) is 4.64. The standard InChI is InChI=1S/C11H8N2O2S2/c12-8(16)10-13-9(14)7(11(15)17-10)6-4-2-1-3-5-6/h1-5,14H,(H2,12,16). The van der Waals surface area contributed by atoms with Crippen molar-refractivity contribution in [2.24, 2.45) is 5.73 Å². The van der Waals surface area contributed by atoms with Gasteiger partial charge in [0.25, 0.3) is 0 Å². The molecule has 0 saturated heterocycles. The van der Waals surface area contributed by atoms with Crippen LogP contribution in [-0.2, 0) is 0 Å². The van der Waals surface area contributed by atoms with Crippen LogP contribution in [0.5, 0.6) is 5.88 Å². The van der Waals surface area contributed by atoms with Gasteiger partial charge in [-0.25, -0.2) is 0 Å². The largest absolute Gasteiger partial charge is 0.493 e. The zero-order valence-electron chi connectivity index (χ0n) is 8.58. The molecule has 0 radical (unpaired) electrons. The van der Waals surface area contributed by atoms with E-state index in [2.05, 4.69) is 4.98 Å². The first kappa shape index (κ1) is 11.7. The molecule has 0 bridgehead atoms.